The van der Waals surface area contributed by atoms with Crippen LogP contribution in [0.25, 0.3) is 11.1 Å². The Morgan fingerprint density at radius 1 is 0.500 bits per heavy atom. The lowest BCUT2D eigenvalue weighted by molar-refractivity contribution is 0.701. The van der Waals surface area contributed by atoms with Gasteiger partial charge in [0, 0.05) is 29.2 Å². The molecule has 0 atom stereocenters. The van der Waals surface area contributed by atoms with E-state index in [2.05, 4.69) is 95.9 Å². The number of para-hydroxylation sites is 3. The Kier molecular flexibility index (Phi) is 3.48. The van der Waals surface area contributed by atoms with Gasteiger partial charge in [0.25, 0.3) is 0 Å². The molecule has 150 valence electrons. The van der Waals surface area contributed by atoms with Crippen LogP contribution in [-0.4, -0.2) is 9.97 Å². The molecule has 0 N–H and O–H groups in total. The van der Waals surface area contributed by atoms with Gasteiger partial charge in [-0.2, -0.15) is 0 Å². The van der Waals surface area contributed by atoms with Crippen molar-refractivity contribution in [1.29, 1.82) is 0 Å². The van der Waals surface area contributed by atoms with Crippen molar-refractivity contribution in [2.75, 3.05) is 4.90 Å². The first kappa shape index (κ1) is 17.4. The van der Waals surface area contributed by atoms with Crippen molar-refractivity contribution >= 4 is 17.1 Å². The largest absolute Gasteiger partial charge is 0.310 e. The summed E-state index contributed by atoms with van der Waals surface area (Å²) in [5, 5.41) is 0. The second-order valence-electron chi connectivity index (χ2n) is 8.25. The van der Waals surface area contributed by atoms with Crippen LogP contribution in [0, 0.1) is 0 Å². The standard InChI is InChI=1S/C29H19N3/c1-2-10-20(11-3-1)32-25-16-6-4-14-23(25)29(24-15-5-7-17-26(24)32)27-21(12-8-18-30-27)22-13-9-19-31-28(22)29/h1-19H. The fraction of sp³-hybridized carbons (Fsp3) is 0.0345. The van der Waals surface area contributed by atoms with E-state index < -0.39 is 5.41 Å². The van der Waals surface area contributed by atoms with E-state index in [1.807, 2.05) is 24.5 Å². The zero-order valence-electron chi connectivity index (χ0n) is 17.3. The second kappa shape index (κ2) is 6.38. The van der Waals surface area contributed by atoms with Crippen LogP contribution in [0.3, 0.4) is 0 Å². The molecule has 7 rings (SSSR count). The molecule has 0 unspecified atom stereocenters. The van der Waals surface area contributed by atoms with Crippen LogP contribution in [-0.2, 0) is 5.41 Å². The summed E-state index contributed by atoms with van der Waals surface area (Å²) in [6.45, 7) is 0. The van der Waals surface area contributed by atoms with Crippen LogP contribution < -0.4 is 4.90 Å². The highest BCUT2D eigenvalue weighted by Crippen LogP contribution is 2.61. The number of nitrogens with zero attached hydrogens (tertiary/aromatic N) is 3. The van der Waals surface area contributed by atoms with Crippen LogP contribution in [0.2, 0.25) is 0 Å². The third kappa shape index (κ3) is 2.05. The molecule has 0 radical (unpaired) electrons. The molecule has 3 aromatic carbocycles. The SMILES string of the molecule is c1ccc(N2c3ccccc3C3(c4ccccc42)c2ncccc2-c2cccnc23)cc1. The Labute approximate surface area is 186 Å². The number of fused-ring (bicyclic) bond motifs is 9. The molecular weight excluding hydrogens is 390 g/mol. The molecule has 0 saturated carbocycles. The van der Waals surface area contributed by atoms with Gasteiger partial charge in [-0.3, -0.25) is 9.97 Å². The lowest BCUT2D eigenvalue weighted by Gasteiger charge is -2.43. The lowest BCUT2D eigenvalue weighted by Crippen LogP contribution is -2.37. The lowest BCUT2D eigenvalue weighted by atomic mass is 9.68. The quantitative estimate of drug-likeness (QED) is 0.305. The Bertz CT molecular complexity index is 1390. The molecule has 1 aliphatic heterocycles. The van der Waals surface area contributed by atoms with Crippen molar-refractivity contribution in [2.45, 2.75) is 5.41 Å². The van der Waals surface area contributed by atoms with Gasteiger partial charge < -0.3 is 4.90 Å². The third-order valence-electron chi connectivity index (χ3n) is 6.73. The average Bonchev–Trinajstić information content (AvgIpc) is 3.16. The van der Waals surface area contributed by atoms with Gasteiger partial charge in [-0.05, 0) is 47.5 Å². The smallest absolute Gasteiger partial charge is 0.110 e. The van der Waals surface area contributed by atoms with Crippen molar-refractivity contribution in [1.82, 2.24) is 9.97 Å². The van der Waals surface area contributed by atoms with E-state index >= 15 is 0 Å². The summed E-state index contributed by atoms with van der Waals surface area (Å²) in [5.41, 5.74) is 9.76. The van der Waals surface area contributed by atoms with Crippen molar-refractivity contribution in [3.8, 4) is 11.1 Å². The monoisotopic (exact) mass is 409 g/mol. The third-order valence-corrected chi connectivity index (χ3v) is 6.73. The molecule has 0 bridgehead atoms. The van der Waals surface area contributed by atoms with Crippen LogP contribution >= 0.6 is 0 Å². The van der Waals surface area contributed by atoms with Gasteiger partial charge in [-0.25, -0.2) is 0 Å². The summed E-state index contributed by atoms with van der Waals surface area (Å²) in [4.78, 5) is 12.3. The number of benzene rings is 3. The van der Waals surface area contributed by atoms with Crippen LogP contribution in [0.15, 0.2) is 116 Å². The van der Waals surface area contributed by atoms with E-state index in [0.717, 1.165) is 39.6 Å². The first-order chi connectivity index (χ1) is 15.9. The van der Waals surface area contributed by atoms with Gasteiger partial charge in [0.05, 0.1) is 22.8 Å². The molecule has 2 aromatic heterocycles. The summed E-state index contributed by atoms with van der Waals surface area (Å²) in [6, 6.07) is 36.3. The number of anilines is 3. The number of aromatic nitrogens is 2. The van der Waals surface area contributed by atoms with Crippen molar-refractivity contribution < 1.29 is 0 Å². The van der Waals surface area contributed by atoms with E-state index in [4.69, 9.17) is 9.97 Å². The Balaban J connectivity index is 1.67. The fourth-order valence-corrected chi connectivity index (χ4v) is 5.57. The highest BCUT2D eigenvalue weighted by atomic mass is 15.2. The average molecular weight is 409 g/mol. The van der Waals surface area contributed by atoms with E-state index in [0.29, 0.717) is 0 Å². The first-order valence-electron chi connectivity index (χ1n) is 10.9. The van der Waals surface area contributed by atoms with E-state index in [1.165, 1.54) is 11.1 Å². The summed E-state index contributed by atoms with van der Waals surface area (Å²) in [7, 11) is 0. The van der Waals surface area contributed by atoms with Crippen molar-refractivity contribution in [2.24, 2.45) is 0 Å². The molecule has 5 aromatic rings. The van der Waals surface area contributed by atoms with E-state index in [9.17, 15) is 0 Å². The van der Waals surface area contributed by atoms with Crippen LogP contribution in [0.5, 0.6) is 0 Å². The topological polar surface area (TPSA) is 29.0 Å². The van der Waals surface area contributed by atoms with Crippen LogP contribution in [0.1, 0.15) is 22.5 Å². The minimum atomic E-state index is -0.550. The maximum absolute atomic E-state index is 4.99. The Morgan fingerprint density at radius 2 is 1.00 bits per heavy atom. The predicted molar refractivity (Wildman–Crippen MR) is 128 cm³/mol. The van der Waals surface area contributed by atoms with Gasteiger partial charge in [0.15, 0.2) is 0 Å². The highest BCUT2D eigenvalue weighted by Gasteiger charge is 2.53. The maximum Gasteiger partial charge on any atom is 0.110 e. The number of pyridine rings is 2. The molecular formula is C29H19N3. The number of rotatable bonds is 1. The number of hydrogen-bond donors (Lipinski definition) is 0. The summed E-state index contributed by atoms with van der Waals surface area (Å²) in [5.74, 6) is 0. The van der Waals surface area contributed by atoms with Crippen molar-refractivity contribution in [3.63, 3.8) is 0 Å². The Morgan fingerprint density at radius 3 is 1.56 bits per heavy atom. The second-order valence-corrected chi connectivity index (χ2v) is 8.25. The molecule has 2 aliphatic rings. The molecule has 3 heterocycles. The van der Waals surface area contributed by atoms with Gasteiger partial charge >= 0.3 is 0 Å². The molecule has 0 amide bonds. The zero-order valence-corrected chi connectivity index (χ0v) is 17.3. The maximum atomic E-state index is 4.99. The van der Waals surface area contributed by atoms with E-state index in [1.54, 1.807) is 0 Å². The predicted octanol–water partition coefficient (Wildman–Crippen LogP) is 6.62. The summed E-state index contributed by atoms with van der Waals surface area (Å²) >= 11 is 0. The molecule has 0 fully saturated rings. The van der Waals surface area contributed by atoms with Crippen LogP contribution in [0.4, 0.5) is 17.1 Å². The molecule has 3 heteroatoms. The van der Waals surface area contributed by atoms with Gasteiger partial charge in [-0.1, -0.05) is 66.7 Å². The normalized spacial score (nSPS) is 14.4. The molecule has 1 spiro atoms. The molecule has 0 saturated heterocycles. The van der Waals surface area contributed by atoms with Gasteiger partial charge in [-0.15, -0.1) is 0 Å². The minimum absolute atomic E-state index is 0.550. The summed E-state index contributed by atoms with van der Waals surface area (Å²) in [6.07, 6.45) is 3.81. The molecule has 3 nitrogen and oxygen atoms in total. The Hall–Kier alpha value is -4.24. The minimum Gasteiger partial charge on any atom is -0.310 e. The number of hydrogen-bond acceptors (Lipinski definition) is 3. The van der Waals surface area contributed by atoms with E-state index in [-0.39, 0.29) is 0 Å². The fourth-order valence-electron chi connectivity index (χ4n) is 5.57. The van der Waals surface area contributed by atoms with Gasteiger partial charge in [0.1, 0.15) is 5.41 Å². The molecule has 32 heavy (non-hydrogen) atoms. The molecule has 1 aliphatic carbocycles. The zero-order chi connectivity index (χ0) is 21.1. The summed E-state index contributed by atoms with van der Waals surface area (Å²) < 4.78 is 0. The first-order valence-corrected chi connectivity index (χ1v) is 10.9. The van der Waals surface area contributed by atoms with Crippen molar-refractivity contribution in [3.05, 3.63) is 138 Å². The highest BCUT2D eigenvalue weighted by molar-refractivity contribution is 5.94. The van der Waals surface area contributed by atoms with Gasteiger partial charge in [0.2, 0.25) is 0 Å².